The van der Waals surface area contributed by atoms with E-state index in [0.717, 1.165) is 37.7 Å². The van der Waals surface area contributed by atoms with Crippen molar-refractivity contribution in [2.45, 2.75) is 13.5 Å². The van der Waals surface area contributed by atoms with Gasteiger partial charge in [-0.3, -0.25) is 4.79 Å². The Morgan fingerprint density at radius 3 is 2.58 bits per heavy atom. The molecular weight excluding hydrogens is 346 g/mol. The number of hydrogen-bond donors (Lipinski definition) is 0. The van der Waals surface area contributed by atoms with Crippen LogP contribution in [0, 0.1) is 6.92 Å². The molecule has 2 aromatic carbocycles. The van der Waals surface area contributed by atoms with Crippen molar-refractivity contribution in [1.82, 2.24) is 14.8 Å². The number of rotatable bonds is 4. The van der Waals surface area contributed by atoms with Crippen molar-refractivity contribution in [1.29, 1.82) is 0 Å². The Labute approximate surface area is 154 Å². The van der Waals surface area contributed by atoms with Crippen molar-refractivity contribution in [3.63, 3.8) is 0 Å². The molecule has 2 aromatic heterocycles. The molecule has 130 valence electrons. The highest BCUT2D eigenvalue weighted by Crippen LogP contribution is 2.34. The van der Waals surface area contributed by atoms with Crippen LogP contribution >= 0.6 is 11.3 Å². The van der Waals surface area contributed by atoms with Crippen LogP contribution in [-0.4, -0.2) is 14.8 Å². The van der Waals surface area contributed by atoms with Gasteiger partial charge in [0.15, 0.2) is 5.01 Å². The predicted octanol–water partition coefficient (Wildman–Crippen LogP) is 3.94. The van der Waals surface area contributed by atoms with Gasteiger partial charge in [0.2, 0.25) is 5.56 Å². The summed E-state index contributed by atoms with van der Waals surface area (Å²) in [6.45, 7) is 2.33. The van der Waals surface area contributed by atoms with E-state index in [4.69, 9.17) is 4.74 Å². The zero-order chi connectivity index (χ0) is 18.1. The van der Waals surface area contributed by atoms with E-state index in [1.807, 2.05) is 49.5 Å². The first-order chi connectivity index (χ1) is 12.6. The maximum Gasteiger partial charge on any atom is 0.250 e. The van der Waals surface area contributed by atoms with Crippen LogP contribution in [0.1, 0.15) is 10.0 Å². The van der Waals surface area contributed by atoms with Gasteiger partial charge >= 0.3 is 0 Å². The molecule has 0 radical (unpaired) electrons. The van der Waals surface area contributed by atoms with Gasteiger partial charge in [0, 0.05) is 24.7 Å². The molecule has 0 saturated carbocycles. The second-order valence-electron chi connectivity index (χ2n) is 6.03. The molecule has 0 N–H and O–H groups in total. The Morgan fingerprint density at radius 1 is 1.04 bits per heavy atom. The smallest absolute Gasteiger partial charge is 0.250 e. The molecular formula is C20H17N3O2S. The summed E-state index contributed by atoms with van der Waals surface area (Å²) in [5.41, 5.74) is 2.04. The molecule has 6 heteroatoms. The van der Waals surface area contributed by atoms with E-state index >= 15 is 0 Å². The molecule has 0 saturated heterocycles. The largest absolute Gasteiger partial charge is 0.486 e. The van der Waals surface area contributed by atoms with Crippen molar-refractivity contribution in [2.75, 3.05) is 0 Å². The highest BCUT2D eigenvalue weighted by atomic mass is 32.1. The van der Waals surface area contributed by atoms with Gasteiger partial charge < -0.3 is 9.30 Å². The van der Waals surface area contributed by atoms with Gasteiger partial charge in [-0.15, -0.1) is 10.2 Å². The van der Waals surface area contributed by atoms with E-state index in [0.29, 0.717) is 6.61 Å². The summed E-state index contributed by atoms with van der Waals surface area (Å²) < 4.78 is 7.59. The molecule has 2 heterocycles. The van der Waals surface area contributed by atoms with Crippen LogP contribution in [0.2, 0.25) is 0 Å². The fraction of sp³-hybridized carbons (Fsp3) is 0.150. The third kappa shape index (κ3) is 3.11. The Kier molecular flexibility index (Phi) is 4.26. The van der Waals surface area contributed by atoms with Crippen LogP contribution in [0.3, 0.4) is 0 Å². The number of nitrogens with zero attached hydrogens (tertiary/aromatic N) is 3. The number of ether oxygens (including phenoxy) is 1. The van der Waals surface area contributed by atoms with E-state index in [9.17, 15) is 4.79 Å². The zero-order valence-electron chi connectivity index (χ0n) is 14.5. The van der Waals surface area contributed by atoms with Gasteiger partial charge in [-0.25, -0.2) is 0 Å². The predicted molar refractivity (Wildman–Crippen MR) is 104 cm³/mol. The number of aromatic nitrogens is 3. The van der Waals surface area contributed by atoms with Crippen molar-refractivity contribution in [3.8, 4) is 16.9 Å². The van der Waals surface area contributed by atoms with Crippen LogP contribution in [-0.2, 0) is 13.7 Å². The lowest BCUT2D eigenvalue weighted by Gasteiger charge is -2.12. The van der Waals surface area contributed by atoms with Gasteiger partial charge in [0.1, 0.15) is 17.4 Å². The lowest BCUT2D eigenvalue weighted by Crippen LogP contribution is -2.13. The second-order valence-corrected chi connectivity index (χ2v) is 7.29. The summed E-state index contributed by atoms with van der Waals surface area (Å²) in [7, 11) is 1.76. The van der Waals surface area contributed by atoms with Gasteiger partial charge in [0.25, 0.3) is 0 Å². The van der Waals surface area contributed by atoms with Crippen LogP contribution in [0.5, 0.6) is 5.75 Å². The molecule has 4 rings (SSSR count). The molecule has 0 spiro atoms. The lowest BCUT2D eigenvalue weighted by atomic mass is 9.99. The number of pyridine rings is 1. The van der Waals surface area contributed by atoms with E-state index in [1.54, 1.807) is 17.7 Å². The Bertz CT molecular complexity index is 1150. The van der Waals surface area contributed by atoms with Gasteiger partial charge in [-0.2, -0.15) is 0 Å². The third-order valence-electron chi connectivity index (χ3n) is 4.20. The number of benzene rings is 2. The monoisotopic (exact) mass is 363 g/mol. The molecule has 0 bridgehead atoms. The summed E-state index contributed by atoms with van der Waals surface area (Å²) >= 11 is 1.54. The molecule has 26 heavy (non-hydrogen) atoms. The number of hydrogen-bond acceptors (Lipinski definition) is 5. The fourth-order valence-electron chi connectivity index (χ4n) is 2.94. The van der Waals surface area contributed by atoms with E-state index in [-0.39, 0.29) is 5.56 Å². The Balaban J connectivity index is 1.75. The Morgan fingerprint density at radius 2 is 1.85 bits per heavy atom. The maximum atomic E-state index is 11.7. The highest BCUT2D eigenvalue weighted by Gasteiger charge is 2.10. The van der Waals surface area contributed by atoms with Crippen LogP contribution in [0.4, 0.5) is 0 Å². The van der Waals surface area contributed by atoms with E-state index in [2.05, 4.69) is 16.3 Å². The molecule has 0 unspecified atom stereocenters. The second kappa shape index (κ2) is 6.72. The van der Waals surface area contributed by atoms with Crippen LogP contribution < -0.4 is 10.3 Å². The molecule has 0 fully saturated rings. The normalized spacial score (nSPS) is 11.0. The number of fused-ring (bicyclic) bond motifs is 1. The molecule has 5 nitrogen and oxygen atoms in total. The maximum absolute atomic E-state index is 11.7. The summed E-state index contributed by atoms with van der Waals surface area (Å²) in [6.07, 6.45) is 1.86. The standard InChI is InChI=1S/C20H17N3O2S/c1-13-21-22-19(26-13)12-25-18-9-8-15(16-5-3-4-6-17(16)18)14-7-10-20(24)23(2)11-14/h3-11H,12H2,1-2H3. The minimum atomic E-state index is -0.0228. The molecule has 0 aliphatic heterocycles. The van der Waals surface area contributed by atoms with Crippen molar-refractivity contribution in [3.05, 3.63) is 75.1 Å². The third-order valence-corrected chi connectivity index (χ3v) is 5.01. The first-order valence-electron chi connectivity index (χ1n) is 8.22. The van der Waals surface area contributed by atoms with Gasteiger partial charge in [-0.05, 0) is 41.6 Å². The summed E-state index contributed by atoms with van der Waals surface area (Å²) in [4.78, 5) is 11.7. The summed E-state index contributed by atoms with van der Waals surface area (Å²) in [6, 6.07) is 15.6. The van der Waals surface area contributed by atoms with Crippen LogP contribution in [0.15, 0.2) is 59.5 Å². The Hall–Kier alpha value is -2.99. The lowest BCUT2D eigenvalue weighted by molar-refractivity contribution is 0.308. The average molecular weight is 363 g/mol. The van der Waals surface area contributed by atoms with Crippen LogP contribution in [0.25, 0.3) is 21.9 Å². The molecule has 4 aromatic rings. The summed E-state index contributed by atoms with van der Waals surface area (Å²) in [5.74, 6) is 0.807. The topological polar surface area (TPSA) is 57.0 Å². The zero-order valence-corrected chi connectivity index (χ0v) is 15.3. The van der Waals surface area contributed by atoms with E-state index < -0.39 is 0 Å². The van der Waals surface area contributed by atoms with Crippen molar-refractivity contribution >= 4 is 22.1 Å². The van der Waals surface area contributed by atoms with Gasteiger partial charge in [-0.1, -0.05) is 35.6 Å². The van der Waals surface area contributed by atoms with Gasteiger partial charge in [0.05, 0.1) is 0 Å². The van der Waals surface area contributed by atoms with Crippen molar-refractivity contribution < 1.29 is 4.74 Å². The SMILES string of the molecule is Cc1nnc(COc2ccc(-c3ccc(=O)n(C)c3)c3ccccc23)s1. The highest BCUT2D eigenvalue weighted by molar-refractivity contribution is 7.11. The first kappa shape index (κ1) is 16.5. The number of aryl methyl sites for hydroxylation is 2. The van der Waals surface area contributed by atoms with Crippen molar-refractivity contribution in [2.24, 2.45) is 7.05 Å². The molecule has 0 amide bonds. The first-order valence-corrected chi connectivity index (χ1v) is 9.04. The summed E-state index contributed by atoms with van der Waals surface area (Å²) in [5, 5.41) is 12.0. The van der Waals surface area contributed by atoms with E-state index in [1.165, 1.54) is 11.3 Å². The minimum Gasteiger partial charge on any atom is -0.486 e. The molecule has 0 atom stereocenters. The molecule has 0 aliphatic carbocycles. The quantitative estimate of drug-likeness (QED) is 0.551. The minimum absolute atomic E-state index is 0.0228. The molecule has 0 aliphatic rings. The fourth-order valence-corrected chi connectivity index (χ4v) is 3.56. The average Bonchev–Trinajstić information content (AvgIpc) is 3.07.